The molecule has 0 saturated heterocycles. The second kappa shape index (κ2) is 6.39. The van der Waals surface area contributed by atoms with Crippen LogP contribution >= 0.6 is 15.9 Å². The lowest BCUT2D eigenvalue weighted by atomic mass is 9.89. The number of carbonyl (C=O) groups is 2. The molecule has 0 spiro atoms. The van der Waals surface area contributed by atoms with E-state index >= 15 is 0 Å². The van der Waals surface area contributed by atoms with Gasteiger partial charge in [-0.05, 0) is 36.6 Å². The molecule has 1 aromatic rings. The van der Waals surface area contributed by atoms with Crippen LogP contribution in [0.4, 0.5) is 5.69 Å². The van der Waals surface area contributed by atoms with E-state index in [4.69, 9.17) is 0 Å². The number of hydrogen-bond donors (Lipinski definition) is 1. The number of hydrogen-bond acceptors (Lipinski definition) is 2. The van der Waals surface area contributed by atoms with Crippen molar-refractivity contribution in [3.05, 3.63) is 28.2 Å². The molecule has 1 aliphatic rings. The second-order valence-corrected chi connectivity index (χ2v) is 6.02. The molecule has 0 radical (unpaired) electrons. The van der Waals surface area contributed by atoms with Gasteiger partial charge in [0, 0.05) is 23.1 Å². The number of benzene rings is 1. The molecule has 108 valence electrons. The van der Waals surface area contributed by atoms with E-state index < -0.39 is 0 Å². The van der Waals surface area contributed by atoms with Crippen LogP contribution in [0.2, 0.25) is 0 Å². The van der Waals surface area contributed by atoms with Crippen molar-refractivity contribution < 1.29 is 9.59 Å². The van der Waals surface area contributed by atoms with E-state index in [1.54, 1.807) is 6.92 Å². The van der Waals surface area contributed by atoms with Gasteiger partial charge < -0.3 is 10.2 Å². The molecule has 20 heavy (non-hydrogen) atoms. The number of carbonyl (C=O) groups excluding carboxylic acids is 2. The minimum Gasteiger partial charge on any atom is -0.352 e. The van der Waals surface area contributed by atoms with E-state index in [0.717, 1.165) is 41.4 Å². The third kappa shape index (κ3) is 2.87. The van der Waals surface area contributed by atoms with Crippen LogP contribution in [0.3, 0.4) is 0 Å². The Labute approximate surface area is 127 Å². The number of nitrogens with one attached hydrogen (secondary N) is 1. The molecule has 2 amide bonds. The van der Waals surface area contributed by atoms with Crippen molar-refractivity contribution in [3.63, 3.8) is 0 Å². The number of amides is 2. The summed E-state index contributed by atoms with van der Waals surface area (Å²) < 4.78 is 0.950. The molecule has 1 aliphatic heterocycles. The highest BCUT2D eigenvalue weighted by molar-refractivity contribution is 9.10. The molecule has 0 saturated carbocycles. The van der Waals surface area contributed by atoms with Crippen LogP contribution in [0.5, 0.6) is 0 Å². The Hall–Kier alpha value is -1.36. The predicted molar refractivity (Wildman–Crippen MR) is 82.6 cm³/mol. The molecule has 5 heteroatoms. The largest absolute Gasteiger partial charge is 0.352 e. The van der Waals surface area contributed by atoms with E-state index in [0.29, 0.717) is 0 Å². The molecule has 1 heterocycles. The van der Waals surface area contributed by atoms with Crippen LogP contribution in [0.25, 0.3) is 0 Å². The minimum atomic E-state index is -0.0350. The van der Waals surface area contributed by atoms with Gasteiger partial charge in [-0.2, -0.15) is 0 Å². The van der Waals surface area contributed by atoms with Crippen molar-refractivity contribution in [2.45, 2.75) is 45.2 Å². The molecule has 2 atom stereocenters. The highest BCUT2D eigenvalue weighted by Crippen LogP contribution is 2.39. The van der Waals surface area contributed by atoms with Gasteiger partial charge in [-0.25, -0.2) is 0 Å². The van der Waals surface area contributed by atoms with Crippen LogP contribution in [0.1, 0.15) is 44.7 Å². The minimum absolute atomic E-state index is 0.0350. The molecule has 1 unspecified atom stereocenters. The van der Waals surface area contributed by atoms with Crippen LogP contribution in [0, 0.1) is 0 Å². The molecule has 1 N–H and O–H groups in total. The monoisotopic (exact) mass is 338 g/mol. The van der Waals surface area contributed by atoms with Crippen molar-refractivity contribution in [2.75, 3.05) is 4.90 Å². The maximum Gasteiger partial charge on any atom is 0.224 e. The Bertz CT molecular complexity index is 519. The Balaban J connectivity index is 2.49. The quantitative estimate of drug-likeness (QED) is 0.857. The molecule has 0 aromatic heterocycles. The summed E-state index contributed by atoms with van der Waals surface area (Å²) >= 11 is 3.45. The van der Waals surface area contributed by atoms with Gasteiger partial charge in [0.05, 0.1) is 6.04 Å². The third-order valence-corrected chi connectivity index (χ3v) is 4.22. The lowest BCUT2D eigenvalue weighted by molar-refractivity contribution is -0.117. The standard InChI is InChI=1S/C15H19BrN2O2/c1-3-4-12-8-14(17-9-19)13-7-11(16)5-6-15(13)18(12)10(2)20/h5-7,9,12,14H,3-4,8H2,1-2H3,(H,17,19)/t12-,14?/m1/s1. The van der Waals surface area contributed by atoms with Gasteiger partial charge in [-0.3, -0.25) is 9.59 Å². The Morgan fingerprint density at radius 2 is 2.30 bits per heavy atom. The molecule has 1 aromatic carbocycles. The first-order valence-corrected chi connectivity index (χ1v) is 7.66. The van der Waals surface area contributed by atoms with Crippen molar-refractivity contribution in [1.29, 1.82) is 0 Å². The van der Waals surface area contributed by atoms with Crippen molar-refractivity contribution >= 4 is 33.9 Å². The average molecular weight is 339 g/mol. The van der Waals surface area contributed by atoms with Gasteiger partial charge in [0.2, 0.25) is 12.3 Å². The smallest absolute Gasteiger partial charge is 0.224 e. The molecule has 0 aliphatic carbocycles. The number of fused-ring (bicyclic) bond motifs is 1. The number of halogens is 1. The first-order valence-electron chi connectivity index (χ1n) is 6.87. The van der Waals surface area contributed by atoms with E-state index in [1.807, 2.05) is 23.1 Å². The molecule has 0 fully saturated rings. The molecule has 2 rings (SSSR count). The SMILES string of the molecule is CCC[C@@H]1CC(NC=O)c2cc(Br)ccc2N1C(C)=O. The highest BCUT2D eigenvalue weighted by Gasteiger charge is 2.34. The third-order valence-electron chi connectivity index (χ3n) is 3.73. The van der Waals surface area contributed by atoms with Gasteiger partial charge in [-0.1, -0.05) is 29.3 Å². The summed E-state index contributed by atoms with van der Waals surface area (Å²) in [5, 5.41) is 2.88. The zero-order valence-corrected chi connectivity index (χ0v) is 13.3. The highest BCUT2D eigenvalue weighted by atomic mass is 79.9. The summed E-state index contributed by atoms with van der Waals surface area (Å²) in [7, 11) is 0. The summed E-state index contributed by atoms with van der Waals surface area (Å²) in [6.45, 7) is 3.71. The van der Waals surface area contributed by atoms with Crippen molar-refractivity contribution in [2.24, 2.45) is 0 Å². The number of rotatable bonds is 4. The zero-order valence-electron chi connectivity index (χ0n) is 11.7. The fourth-order valence-corrected chi connectivity index (χ4v) is 3.35. The van der Waals surface area contributed by atoms with Crippen molar-refractivity contribution in [1.82, 2.24) is 5.32 Å². The first-order chi connectivity index (χ1) is 9.58. The summed E-state index contributed by atoms with van der Waals surface area (Å²) in [5.74, 6) is 0.0524. The van der Waals surface area contributed by atoms with E-state index in [-0.39, 0.29) is 18.0 Å². The van der Waals surface area contributed by atoms with Gasteiger partial charge in [0.1, 0.15) is 0 Å². The lowest BCUT2D eigenvalue weighted by Gasteiger charge is -2.40. The van der Waals surface area contributed by atoms with Crippen LogP contribution in [0.15, 0.2) is 22.7 Å². The fraction of sp³-hybridized carbons (Fsp3) is 0.467. The summed E-state index contributed by atoms with van der Waals surface area (Å²) in [4.78, 5) is 24.7. The zero-order chi connectivity index (χ0) is 14.7. The van der Waals surface area contributed by atoms with Gasteiger partial charge in [-0.15, -0.1) is 0 Å². The Kier molecular flexibility index (Phi) is 4.81. The predicted octanol–water partition coefficient (Wildman–Crippen LogP) is 3.16. The number of anilines is 1. The normalized spacial score (nSPS) is 21.2. The van der Waals surface area contributed by atoms with Gasteiger partial charge >= 0.3 is 0 Å². The van der Waals surface area contributed by atoms with E-state index in [1.165, 1.54) is 0 Å². The van der Waals surface area contributed by atoms with Crippen LogP contribution < -0.4 is 10.2 Å². The van der Waals surface area contributed by atoms with Gasteiger partial charge in [0.25, 0.3) is 0 Å². The van der Waals surface area contributed by atoms with Crippen LogP contribution in [-0.4, -0.2) is 18.4 Å². The average Bonchev–Trinajstić information content (AvgIpc) is 2.39. The first kappa shape index (κ1) is 15.0. The molecular formula is C15H19BrN2O2. The summed E-state index contributed by atoms with van der Waals surface area (Å²) in [6, 6.07) is 5.97. The van der Waals surface area contributed by atoms with Crippen molar-refractivity contribution in [3.8, 4) is 0 Å². The Morgan fingerprint density at radius 3 is 2.90 bits per heavy atom. The molecule has 4 nitrogen and oxygen atoms in total. The second-order valence-electron chi connectivity index (χ2n) is 5.11. The molecule has 0 bridgehead atoms. The summed E-state index contributed by atoms with van der Waals surface area (Å²) in [5.41, 5.74) is 1.90. The van der Waals surface area contributed by atoms with E-state index in [9.17, 15) is 9.59 Å². The van der Waals surface area contributed by atoms with Crippen LogP contribution in [-0.2, 0) is 9.59 Å². The van der Waals surface area contributed by atoms with E-state index in [2.05, 4.69) is 28.2 Å². The maximum atomic E-state index is 12.0. The lowest BCUT2D eigenvalue weighted by Crippen LogP contribution is -2.45. The molecular weight excluding hydrogens is 320 g/mol. The fourth-order valence-electron chi connectivity index (χ4n) is 2.97. The summed E-state index contributed by atoms with van der Waals surface area (Å²) in [6.07, 6.45) is 3.44. The Morgan fingerprint density at radius 1 is 1.55 bits per heavy atom. The topological polar surface area (TPSA) is 49.4 Å². The van der Waals surface area contributed by atoms with Gasteiger partial charge in [0.15, 0.2) is 0 Å². The number of nitrogens with zero attached hydrogens (tertiary/aromatic N) is 1. The maximum absolute atomic E-state index is 12.0.